The highest BCUT2D eigenvalue weighted by Crippen LogP contribution is 2.11. The van der Waals surface area contributed by atoms with Crippen molar-refractivity contribution in [3.05, 3.63) is 72.6 Å². The van der Waals surface area contributed by atoms with E-state index in [4.69, 9.17) is 9.47 Å². The smallest absolute Gasteiger partial charge is 0.241 e. The Morgan fingerprint density at radius 3 is 2.52 bits per heavy atom. The molecule has 8 heteroatoms. The number of carbonyl (C=O) groups excluding carboxylic acids is 2. The van der Waals surface area contributed by atoms with E-state index in [1.165, 1.54) is 10.9 Å². The maximum absolute atomic E-state index is 12.1. The Morgan fingerprint density at radius 2 is 1.77 bits per heavy atom. The fraction of sp³-hybridized carbons (Fsp3) is 0.261. The molecule has 0 saturated carbocycles. The van der Waals surface area contributed by atoms with Gasteiger partial charge in [-0.3, -0.25) is 14.3 Å². The first-order chi connectivity index (χ1) is 15.1. The van der Waals surface area contributed by atoms with Gasteiger partial charge in [0.25, 0.3) is 0 Å². The van der Waals surface area contributed by atoms with E-state index in [0.29, 0.717) is 12.2 Å². The molecule has 0 aliphatic carbocycles. The standard InChI is InChI=1S/C23H26N4O4/c1-30-20-9-7-18(8-10-20)11-13-24-23(29)17-27-16-19(15-25-27)26-22(28)12-14-31-21-5-3-2-4-6-21/h2-10,15-16H,11-14,17H2,1H3,(H,24,29)(H,26,28). The molecule has 0 saturated heterocycles. The quantitative estimate of drug-likeness (QED) is 0.495. The molecular weight excluding hydrogens is 396 g/mol. The van der Waals surface area contributed by atoms with Gasteiger partial charge in [-0.1, -0.05) is 30.3 Å². The third kappa shape index (κ3) is 7.50. The zero-order valence-electron chi connectivity index (χ0n) is 17.4. The molecule has 31 heavy (non-hydrogen) atoms. The van der Waals surface area contributed by atoms with E-state index in [1.807, 2.05) is 54.6 Å². The number of aromatic nitrogens is 2. The predicted octanol–water partition coefficient (Wildman–Crippen LogP) is 2.66. The zero-order valence-corrected chi connectivity index (χ0v) is 17.4. The summed E-state index contributed by atoms with van der Waals surface area (Å²) in [5.41, 5.74) is 1.65. The first-order valence-corrected chi connectivity index (χ1v) is 10.0. The lowest BCUT2D eigenvalue weighted by atomic mass is 10.1. The van der Waals surface area contributed by atoms with E-state index in [1.54, 1.807) is 13.3 Å². The van der Waals surface area contributed by atoms with Crippen molar-refractivity contribution < 1.29 is 19.1 Å². The van der Waals surface area contributed by atoms with E-state index < -0.39 is 0 Å². The van der Waals surface area contributed by atoms with Crippen molar-refractivity contribution in [2.45, 2.75) is 19.4 Å². The van der Waals surface area contributed by atoms with Crippen LogP contribution < -0.4 is 20.1 Å². The van der Waals surface area contributed by atoms with Gasteiger partial charge in [-0.25, -0.2) is 0 Å². The number of hydrogen-bond donors (Lipinski definition) is 2. The number of nitrogens with one attached hydrogen (secondary N) is 2. The predicted molar refractivity (Wildman–Crippen MR) is 117 cm³/mol. The maximum Gasteiger partial charge on any atom is 0.241 e. The van der Waals surface area contributed by atoms with Gasteiger partial charge < -0.3 is 20.1 Å². The van der Waals surface area contributed by atoms with Crippen molar-refractivity contribution in [3.63, 3.8) is 0 Å². The largest absolute Gasteiger partial charge is 0.497 e. The molecule has 2 amide bonds. The van der Waals surface area contributed by atoms with Crippen molar-refractivity contribution in [2.75, 3.05) is 25.6 Å². The Kier molecular flexibility index (Phi) is 8.05. The van der Waals surface area contributed by atoms with Crippen molar-refractivity contribution >= 4 is 17.5 Å². The number of carbonyl (C=O) groups is 2. The molecular formula is C23H26N4O4. The van der Waals surface area contributed by atoms with Gasteiger partial charge in [-0.05, 0) is 36.2 Å². The summed E-state index contributed by atoms with van der Waals surface area (Å²) < 4.78 is 12.1. The minimum Gasteiger partial charge on any atom is -0.497 e. The molecule has 162 valence electrons. The fourth-order valence-electron chi connectivity index (χ4n) is 2.86. The van der Waals surface area contributed by atoms with Crippen LogP contribution in [-0.2, 0) is 22.6 Å². The van der Waals surface area contributed by atoms with Crippen LogP contribution in [0.2, 0.25) is 0 Å². The van der Waals surface area contributed by atoms with Crippen LogP contribution in [0.25, 0.3) is 0 Å². The second-order valence-corrected chi connectivity index (χ2v) is 6.83. The lowest BCUT2D eigenvalue weighted by Gasteiger charge is -2.07. The second kappa shape index (κ2) is 11.4. The lowest BCUT2D eigenvalue weighted by Crippen LogP contribution is -2.29. The fourth-order valence-corrected chi connectivity index (χ4v) is 2.86. The summed E-state index contributed by atoms with van der Waals surface area (Å²) in [6.45, 7) is 0.883. The third-order valence-corrected chi connectivity index (χ3v) is 4.46. The van der Waals surface area contributed by atoms with Gasteiger partial charge in [0.2, 0.25) is 11.8 Å². The van der Waals surface area contributed by atoms with Crippen LogP contribution in [0.5, 0.6) is 11.5 Å². The van der Waals surface area contributed by atoms with Crippen LogP contribution >= 0.6 is 0 Å². The summed E-state index contributed by atoms with van der Waals surface area (Å²) in [4.78, 5) is 24.2. The number of ether oxygens (including phenoxy) is 2. The average molecular weight is 422 g/mol. The second-order valence-electron chi connectivity index (χ2n) is 6.83. The highest BCUT2D eigenvalue weighted by atomic mass is 16.5. The topological polar surface area (TPSA) is 94.5 Å². The molecule has 3 aromatic rings. The summed E-state index contributed by atoms with van der Waals surface area (Å²) in [5, 5.41) is 9.74. The van der Waals surface area contributed by atoms with E-state index in [0.717, 1.165) is 23.5 Å². The molecule has 0 unspecified atom stereocenters. The van der Waals surface area contributed by atoms with E-state index in [9.17, 15) is 9.59 Å². The van der Waals surface area contributed by atoms with Crippen molar-refractivity contribution in [1.82, 2.24) is 15.1 Å². The molecule has 2 aromatic carbocycles. The molecule has 0 fully saturated rings. The Morgan fingerprint density at radius 1 is 1.00 bits per heavy atom. The number of benzene rings is 2. The van der Waals surface area contributed by atoms with Gasteiger partial charge >= 0.3 is 0 Å². The van der Waals surface area contributed by atoms with Crippen molar-refractivity contribution in [2.24, 2.45) is 0 Å². The molecule has 0 atom stereocenters. The minimum absolute atomic E-state index is 0.0790. The molecule has 0 radical (unpaired) electrons. The van der Waals surface area contributed by atoms with Crippen LogP contribution in [0.1, 0.15) is 12.0 Å². The number of rotatable bonds is 11. The van der Waals surface area contributed by atoms with Crippen LogP contribution in [0.3, 0.4) is 0 Å². The number of nitrogens with zero attached hydrogens (tertiary/aromatic N) is 2. The summed E-state index contributed by atoms with van der Waals surface area (Å²) in [5.74, 6) is 1.20. The van der Waals surface area contributed by atoms with Crippen LogP contribution in [0.15, 0.2) is 67.0 Å². The van der Waals surface area contributed by atoms with Crippen molar-refractivity contribution in [3.8, 4) is 11.5 Å². The third-order valence-electron chi connectivity index (χ3n) is 4.46. The normalized spacial score (nSPS) is 10.4. The molecule has 0 spiro atoms. The molecule has 1 aromatic heterocycles. The SMILES string of the molecule is COc1ccc(CCNC(=O)Cn2cc(NC(=O)CCOc3ccccc3)cn2)cc1. The molecule has 2 N–H and O–H groups in total. The van der Waals surface area contributed by atoms with Crippen LogP contribution in [-0.4, -0.2) is 41.9 Å². The summed E-state index contributed by atoms with van der Waals surface area (Å²) in [7, 11) is 1.63. The Balaban J connectivity index is 1.34. The van der Waals surface area contributed by atoms with Gasteiger partial charge in [0.1, 0.15) is 18.0 Å². The number of para-hydroxylation sites is 1. The first-order valence-electron chi connectivity index (χ1n) is 10.0. The molecule has 3 rings (SSSR count). The number of amides is 2. The molecule has 8 nitrogen and oxygen atoms in total. The molecule has 0 aliphatic rings. The molecule has 0 aliphatic heterocycles. The van der Waals surface area contributed by atoms with Crippen molar-refractivity contribution in [1.29, 1.82) is 0 Å². The van der Waals surface area contributed by atoms with E-state index in [-0.39, 0.29) is 31.4 Å². The maximum atomic E-state index is 12.1. The van der Waals surface area contributed by atoms with Crippen LogP contribution in [0.4, 0.5) is 5.69 Å². The van der Waals surface area contributed by atoms with Gasteiger partial charge in [-0.2, -0.15) is 5.10 Å². The highest BCUT2D eigenvalue weighted by molar-refractivity contribution is 5.90. The minimum atomic E-state index is -0.181. The zero-order chi connectivity index (χ0) is 21.9. The lowest BCUT2D eigenvalue weighted by molar-refractivity contribution is -0.121. The number of methoxy groups -OCH3 is 1. The average Bonchev–Trinajstić information content (AvgIpc) is 3.21. The van der Waals surface area contributed by atoms with Gasteiger partial charge in [0, 0.05) is 12.7 Å². The Bertz CT molecular complexity index is 971. The van der Waals surface area contributed by atoms with Gasteiger partial charge in [0.15, 0.2) is 0 Å². The Labute approximate surface area is 181 Å². The monoisotopic (exact) mass is 422 g/mol. The number of hydrogen-bond acceptors (Lipinski definition) is 5. The van der Waals surface area contributed by atoms with Gasteiger partial charge in [0.05, 0.1) is 32.0 Å². The first kappa shape index (κ1) is 21.9. The molecule has 0 bridgehead atoms. The summed E-state index contributed by atoms with van der Waals surface area (Å²) >= 11 is 0. The van der Waals surface area contributed by atoms with Crippen LogP contribution in [0, 0.1) is 0 Å². The van der Waals surface area contributed by atoms with E-state index >= 15 is 0 Å². The summed E-state index contributed by atoms with van der Waals surface area (Å²) in [6.07, 6.45) is 4.08. The van der Waals surface area contributed by atoms with E-state index in [2.05, 4.69) is 15.7 Å². The Hall–Kier alpha value is -3.81. The summed E-state index contributed by atoms with van der Waals surface area (Å²) in [6, 6.07) is 17.1. The molecule has 1 heterocycles. The van der Waals surface area contributed by atoms with Gasteiger partial charge in [-0.15, -0.1) is 0 Å². The highest BCUT2D eigenvalue weighted by Gasteiger charge is 2.08. The number of anilines is 1.